The number of anilines is 2. The normalized spacial score (nSPS) is 16.8. The number of nitrogens with one attached hydrogen (secondary N) is 2. The summed E-state index contributed by atoms with van der Waals surface area (Å²) in [5.41, 5.74) is 1.50. The van der Waals surface area contributed by atoms with Crippen molar-refractivity contribution in [3.63, 3.8) is 0 Å². The highest BCUT2D eigenvalue weighted by Gasteiger charge is 2.16. The molecular weight excluding hydrogens is 310 g/mol. The molecule has 1 aliphatic rings. The standard InChI is InChI=1S/C16H19N5O3/c22-15(23)10-19-16-20-13(11-3-1-5-17-8-11)7-14(21-16)18-9-12-4-2-6-24-12/h1,3,5,7-8,12H,2,4,6,9-10H2,(H,22,23)(H2,18,19,20,21)/t12-/m0/s1. The summed E-state index contributed by atoms with van der Waals surface area (Å²) >= 11 is 0. The van der Waals surface area contributed by atoms with Crippen LogP contribution in [0, 0.1) is 0 Å². The number of hydrogen-bond acceptors (Lipinski definition) is 7. The van der Waals surface area contributed by atoms with Crippen molar-refractivity contribution in [3.8, 4) is 11.3 Å². The van der Waals surface area contributed by atoms with Gasteiger partial charge in [0.15, 0.2) is 0 Å². The molecule has 0 bridgehead atoms. The number of hydrogen-bond donors (Lipinski definition) is 3. The van der Waals surface area contributed by atoms with Gasteiger partial charge in [0, 0.05) is 37.2 Å². The van der Waals surface area contributed by atoms with Crippen LogP contribution in [0.25, 0.3) is 11.3 Å². The summed E-state index contributed by atoms with van der Waals surface area (Å²) in [6.07, 6.45) is 5.66. The zero-order chi connectivity index (χ0) is 16.8. The Kier molecular flexibility index (Phi) is 5.17. The lowest BCUT2D eigenvalue weighted by molar-refractivity contribution is -0.134. The number of aromatic nitrogens is 3. The highest BCUT2D eigenvalue weighted by Crippen LogP contribution is 2.21. The summed E-state index contributed by atoms with van der Waals surface area (Å²) in [5.74, 6) is -0.0971. The van der Waals surface area contributed by atoms with Crippen LogP contribution in [0.1, 0.15) is 12.8 Å². The summed E-state index contributed by atoms with van der Waals surface area (Å²) < 4.78 is 5.59. The number of carboxylic acid groups (broad SMARTS) is 1. The summed E-state index contributed by atoms with van der Waals surface area (Å²) in [6.45, 7) is 1.20. The van der Waals surface area contributed by atoms with Gasteiger partial charge in [0.2, 0.25) is 5.95 Å². The quantitative estimate of drug-likeness (QED) is 0.703. The molecule has 0 aromatic carbocycles. The lowest BCUT2D eigenvalue weighted by Gasteiger charge is -2.13. The van der Waals surface area contributed by atoms with Crippen LogP contribution in [-0.2, 0) is 9.53 Å². The van der Waals surface area contributed by atoms with Crippen LogP contribution < -0.4 is 10.6 Å². The smallest absolute Gasteiger partial charge is 0.322 e. The van der Waals surface area contributed by atoms with Crippen molar-refractivity contribution in [2.24, 2.45) is 0 Å². The average molecular weight is 329 g/mol. The fraction of sp³-hybridized carbons (Fsp3) is 0.375. The number of carbonyl (C=O) groups is 1. The molecule has 1 aliphatic heterocycles. The van der Waals surface area contributed by atoms with Gasteiger partial charge in [0.05, 0.1) is 11.8 Å². The molecule has 0 spiro atoms. The van der Waals surface area contributed by atoms with Gasteiger partial charge in [-0.05, 0) is 25.0 Å². The monoisotopic (exact) mass is 329 g/mol. The Morgan fingerprint density at radius 2 is 2.29 bits per heavy atom. The molecule has 1 atom stereocenters. The summed E-state index contributed by atoms with van der Waals surface area (Å²) in [4.78, 5) is 23.5. The van der Waals surface area contributed by atoms with Crippen molar-refractivity contribution in [1.82, 2.24) is 15.0 Å². The predicted octanol–water partition coefficient (Wildman–Crippen LogP) is 1.63. The fourth-order valence-electron chi connectivity index (χ4n) is 2.46. The second-order valence-electron chi connectivity index (χ2n) is 5.47. The Bertz CT molecular complexity index is 689. The number of aliphatic carboxylic acids is 1. The molecule has 2 aromatic heterocycles. The maximum Gasteiger partial charge on any atom is 0.322 e. The topological polar surface area (TPSA) is 109 Å². The van der Waals surface area contributed by atoms with E-state index in [1.54, 1.807) is 12.4 Å². The minimum absolute atomic E-state index is 0.178. The third-order valence-corrected chi connectivity index (χ3v) is 3.62. The van der Waals surface area contributed by atoms with Crippen LogP contribution in [0.15, 0.2) is 30.6 Å². The highest BCUT2D eigenvalue weighted by molar-refractivity contribution is 5.72. The predicted molar refractivity (Wildman–Crippen MR) is 88.9 cm³/mol. The summed E-state index contributed by atoms with van der Waals surface area (Å²) in [5, 5.41) is 14.8. The second kappa shape index (κ2) is 7.69. The van der Waals surface area contributed by atoms with Crippen molar-refractivity contribution < 1.29 is 14.6 Å². The van der Waals surface area contributed by atoms with Crippen molar-refractivity contribution in [2.75, 3.05) is 30.3 Å². The number of rotatable bonds is 7. The zero-order valence-electron chi connectivity index (χ0n) is 13.1. The highest BCUT2D eigenvalue weighted by atomic mass is 16.5. The van der Waals surface area contributed by atoms with E-state index < -0.39 is 5.97 Å². The van der Waals surface area contributed by atoms with Crippen molar-refractivity contribution in [3.05, 3.63) is 30.6 Å². The Hall–Kier alpha value is -2.74. The molecule has 3 N–H and O–H groups in total. The van der Waals surface area contributed by atoms with Crippen molar-refractivity contribution in [2.45, 2.75) is 18.9 Å². The van der Waals surface area contributed by atoms with Crippen LogP contribution in [0.5, 0.6) is 0 Å². The fourth-order valence-corrected chi connectivity index (χ4v) is 2.46. The molecule has 1 saturated heterocycles. The molecule has 3 rings (SSSR count). The number of carboxylic acids is 1. The Balaban J connectivity index is 1.80. The van der Waals surface area contributed by atoms with Gasteiger partial charge in [-0.1, -0.05) is 0 Å². The van der Waals surface area contributed by atoms with Gasteiger partial charge in [-0.3, -0.25) is 9.78 Å². The van der Waals surface area contributed by atoms with Crippen LogP contribution in [0.3, 0.4) is 0 Å². The second-order valence-corrected chi connectivity index (χ2v) is 5.47. The van der Waals surface area contributed by atoms with E-state index in [-0.39, 0.29) is 18.6 Å². The minimum atomic E-state index is -0.973. The first kappa shape index (κ1) is 16.1. The Labute approximate surface area is 139 Å². The van der Waals surface area contributed by atoms with Gasteiger partial charge in [0.1, 0.15) is 12.4 Å². The average Bonchev–Trinajstić information content (AvgIpc) is 3.12. The van der Waals surface area contributed by atoms with Gasteiger partial charge in [-0.2, -0.15) is 4.98 Å². The minimum Gasteiger partial charge on any atom is -0.480 e. The van der Waals surface area contributed by atoms with E-state index in [0.717, 1.165) is 25.0 Å². The summed E-state index contributed by atoms with van der Waals surface area (Å²) in [7, 11) is 0. The van der Waals surface area contributed by atoms with Crippen LogP contribution in [-0.4, -0.2) is 51.8 Å². The maximum absolute atomic E-state index is 10.8. The third-order valence-electron chi connectivity index (χ3n) is 3.62. The van der Waals surface area contributed by atoms with Gasteiger partial charge in [0.25, 0.3) is 0 Å². The van der Waals surface area contributed by atoms with Crippen molar-refractivity contribution >= 4 is 17.7 Å². The molecule has 126 valence electrons. The molecule has 8 heteroatoms. The molecule has 2 aromatic rings. The lowest BCUT2D eigenvalue weighted by Crippen LogP contribution is -2.20. The molecule has 3 heterocycles. The Morgan fingerprint density at radius 1 is 1.38 bits per heavy atom. The molecule has 8 nitrogen and oxygen atoms in total. The first-order chi connectivity index (χ1) is 11.7. The molecule has 0 radical (unpaired) electrons. The first-order valence-electron chi connectivity index (χ1n) is 7.81. The van der Waals surface area contributed by atoms with E-state index in [9.17, 15) is 4.79 Å². The van der Waals surface area contributed by atoms with Gasteiger partial charge < -0.3 is 20.5 Å². The Morgan fingerprint density at radius 3 is 3.00 bits per heavy atom. The van der Waals surface area contributed by atoms with E-state index in [1.165, 1.54) is 0 Å². The molecular formula is C16H19N5O3. The van der Waals surface area contributed by atoms with Crippen LogP contribution in [0.4, 0.5) is 11.8 Å². The SMILES string of the molecule is O=C(O)CNc1nc(NC[C@@H]2CCCO2)cc(-c2cccnc2)n1. The number of nitrogens with zero attached hydrogens (tertiary/aromatic N) is 3. The van der Waals surface area contributed by atoms with Crippen LogP contribution >= 0.6 is 0 Å². The number of pyridine rings is 1. The third kappa shape index (κ3) is 4.39. The van der Waals surface area contributed by atoms with Gasteiger partial charge in [-0.15, -0.1) is 0 Å². The van der Waals surface area contributed by atoms with Crippen LogP contribution in [0.2, 0.25) is 0 Å². The molecule has 0 unspecified atom stereocenters. The maximum atomic E-state index is 10.8. The number of ether oxygens (including phenoxy) is 1. The molecule has 24 heavy (non-hydrogen) atoms. The van der Waals surface area contributed by atoms with Crippen molar-refractivity contribution in [1.29, 1.82) is 0 Å². The molecule has 1 fully saturated rings. The van der Waals surface area contributed by atoms with E-state index in [1.807, 2.05) is 18.2 Å². The van der Waals surface area contributed by atoms with E-state index in [4.69, 9.17) is 9.84 Å². The first-order valence-corrected chi connectivity index (χ1v) is 7.81. The van der Waals surface area contributed by atoms with E-state index in [2.05, 4.69) is 25.6 Å². The van der Waals surface area contributed by atoms with Gasteiger partial charge >= 0.3 is 5.97 Å². The molecule has 0 aliphatic carbocycles. The summed E-state index contributed by atoms with van der Waals surface area (Å²) in [6, 6.07) is 5.53. The van der Waals surface area contributed by atoms with E-state index >= 15 is 0 Å². The largest absolute Gasteiger partial charge is 0.480 e. The molecule has 0 saturated carbocycles. The lowest BCUT2D eigenvalue weighted by atomic mass is 10.2. The van der Waals surface area contributed by atoms with E-state index in [0.29, 0.717) is 18.1 Å². The zero-order valence-corrected chi connectivity index (χ0v) is 13.1. The van der Waals surface area contributed by atoms with Gasteiger partial charge in [-0.25, -0.2) is 4.98 Å². The molecule has 0 amide bonds.